The lowest BCUT2D eigenvalue weighted by Gasteiger charge is -2.12. The van der Waals surface area contributed by atoms with Crippen LogP contribution in [0.2, 0.25) is 0 Å². The zero-order valence-corrected chi connectivity index (χ0v) is 19.2. The zero-order chi connectivity index (χ0) is 22.5. The third-order valence-electron chi connectivity index (χ3n) is 4.88. The van der Waals surface area contributed by atoms with Gasteiger partial charge < -0.3 is 15.5 Å². The predicted octanol–water partition coefficient (Wildman–Crippen LogP) is 4.79. The van der Waals surface area contributed by atoms with Gasteiger partial charge in [0, 0.05) is 14.7 Å². The largest absolute Gasteiger partial charge is 0.508 e. The summed E-state index contributed by atoms with van der Waals surface area (Å²) in [6.45, 7) is -0.0315. The number of carbonyl (C=O) groups is 1. The molecule has 0 radical (unpaired) electrons. The Labute approximate surface area is 199 Å². The summed E-state index contributed by atoms with van der Waals surface area (Å²) < 4.78 is 1.11. The molecular formula is C25H20IN3O3. The quantitative estimate of drug-likeness (QED) is 0.308. The van der Waals surface area contributed by atoms with Gasteiger partial charge in [-0.3, -0.25) is 4.79 Å². The molecular weight excluding hydrogens is 517 g/mol. The van der Waals surface area contributed by atoms with Crippen molar-refractivity contribution in [1.29, 1.82) is 0 Å². The summed E-state index contributed by atoms with van der Waals surface area (Å²) in [6, 6.07) is 21.7. The SMILES string of the molecule is O=C(Cc1ccc(I)cc1)Nc1ncc(-c2ccc(CO)cc2)nc1-c1ccc(O)cc1. The van der Waals surface area contributed by atoms with E-state index in [0.717, 1.165) is 20.3 Å². The van der Waals surface area contributed by atoms with Crippen molar-refractivity contribution >= 4 is 34.3 Å². The number of amides is 1. The fourth-order valence-corrected chi connectivity index (χ4v) is 3.54. The molecule has 7 heteroatoms. The van der Waals surface area contributed by atoms with Crippen LogP contribution in [0, 0.1) is 3.57 Å². The number of hydrogen-bond donors (Lipinski definition) is 3. The smallest absolute Gasteiger partial charge is 0.230 e. The van der Waals surface area contributed by atoms with Crippen LogP contribution >= 0.6 is 22.6 Å². The van der Waals surface area contributed by atoms with Crippen LogP contribution in [0.3, 0.4) is 0 Å². The van der Waals surface area contributed by atoms with E-state index in [4.69, 9.17) is 4.98 Å². The normalized spacial score (nSPS) is 10.7. The van der Waals surface area contributed by atoms with E-state index in [1.807, 2.05) is 48.5 Å². The van der Waals surface area contributed by atoms with Crippen molar-refractivity contribution in [2.75, 3.05) is 5.32 Å². The number of aliphatic hydroxyl groups excluding tert-OH is 1. The van der Waals surface area contributed by atoms with Gasteiger partial charge in [-0.05, 0) is 70.1 Å². The molecule has 4 rings (SSSR count). The molecule has 0 aliphatic heterocycles. The van der Waals surface area contributed by atoms with E-state index in [-0.39, 0.29) is 24.7 Å². The minimum atomic E-state index is -0.194. The van der Waals surface area contributed by atoms with Gasteiger partial charge in [0.2, 0.25) is 5.91 Å². The molecule has 1 heterocycles. The molecule has 0 saturated carbocycles. The first-order chi connectivity index (χ1) is 15.5. The fourth-order valence-electron chi connectivity index (χ4n) is 3.19. The molecule has 0 spiro atoms. The third kappa shape index (κ3) is 5.30. The van der Waals surface area contributed by atoms with Crippen LogP contribution in [0.15, 0.2) is 79.0 Å². The van der Waals surface area contributed by atoms with Crippen LogP contribution < -0.4 is 5.32 Å². The van der Waals surface area contributed by atoms with Crippen LogP contribution in [0.4, 0.5) is 5.82 Å². The summed E-state index contributed by atoms with van der Waals surface area (Å²) in [5.41, 5.74) is 4.40. The zero-order valence-electron chi connectivity index (χ0n) is 17.0. The van der Waals surface area contributed by atoms with Gasteiger partial charge in [0.25, 0.3) is 0 Å². The Morgan fingerprint density at radius 3 is 2.16 bits per heavy atom. The lowest BCUT2D eigenvalue weighted by Crippen LogP contribution is -2.16. The number of benzene rings is 3. The van der Waals surface area contributed by atoms with E-state index in [9.17, 15) is 15.0 Å². The number of carbonyl (C=O) groups excluding carboxylic acids is 1. The molecule has 0 aliphatic carbocycles. The molecule has 1 amide bonds. The Hall–Kier alpha value is -3.30. The second-order valence-corrected chi connectivity index (χ2v) is 8.45. The molecule has 3 N–H and O–H groups in total. The van der Waals surface area contributed by atoms with Crippen LogP contribution in [0.1, 0.15) is 11.1 Å². The second kappa shape index (κ2) is 9.88. The summed E-state index contributed by atoms with van der Waals surface area (Å²) in [6.07, 6.45) is 1.83. The fraction of sp³-hybridized carbons (Fsp3) is 0.0800. The number of phenolic OH excluding ortho intramolecular Hbond substituents is 1. The Kier molecular flexibility index (Phi) is 6.77. The van der Waals surface area contributed by atoms with Gasteiger partial charge in [-0.2, -0.15) is 0 Å². The highest BCUT2D eigenvalue weighted by Crippen LogP contribution is 2.29. The molecule has 160 valence electrons. The van der Waals surface area contributed by atoms with E-state index < -0.39 is 0 Å². The van der Waals surface area contributed by atoms with Crippen LogP contribution in [0.5, 0.6) is 5.75 Å². The maximum absolute atomic E-state index is 12.7. The summed E-state index contributed by atoms with van der Waals surface area (Å²) in [5, 5.41) is 21.8. The number of hydrogen-bond acceptors (Lipinski definition) is 5. The Balaban J connectivity index is 1.66. The molecule has 3 aromatic carbocycles. The summed E-state index contributed by atoms with van der Waals surface area (Å²) >= 11 is 2.22. The van der Waals surface area contributed by atoms with Crippen LogP contribution in [-0.2, 0) is 17.8 Å². The van der Waals surface area contributed by atoms with Crippen LogP contribution in [0.25, 0.3) is 22.5 Å². The van der Waals surface area contributed by atoms with E-state index in [1.54, 1.807) is 30.5 Å². The second-order valence-electron chi connectivity index (χ2n) is 7.21. The minimum absolute atomic E-state index is 0.0315. The Morgan fingerprint density at radius 1 is 0.875 bits per heavy atom. The first-order valence-electron chi connectivity index (χ1n) is 9.93. The molecule has 1 aromatic heterocycles. The topological polar surface area (TPSA) is 95.3 Å². The summed E-state index contributed by atoms with van der Waals surface area (Å²) in [4.78, 5) is 21.9. The van der Waals surface area contributed by atoms with Crippen molar-refractivity contribution in [3.05, 3.63) is 93.7 Å². The highest BCUT2D eigenvalue weighted by molar-refractivity contribution is 14.1. The molecule has 0 fully saturated rings. The number of aromatic hydroxyl groups is 1. The average Bonchev–Trinajstić information content (AvgIpc) is 2.81. The lowest BCUT2D eigenvalue weighted by molar-refractivity contribution is -0.115. The molecule has 0 atom stereocenters. The number of phenols is 1. The number of aromatic nitrogens is 2. The maximum atomic E-state index is 12.7. The number of nitrogens with zero attached hydrogens (tertiary/aromatic N) is 2. The monoisotopic (exact) mass is 537 g/mol. The van der Waals surface area contributed by atoms with E-state index in [0.29, 0.717) is 22.8 Å². The predicted molar refractivity (Wildman–Crippen MR) is 132 cm³/mol. The Morgan fingerprint density at radius 2 is 1.50 bits per heavy atom. The van der Waals surface area contributed by atoms with Gasteiger partial charge in [0.05, 0.1) is 24.9 Å². The van der Waals surface area contributed by atoms with Gasteiger partial charge in [-0.25, -0.2) is 9.97 Å². The van der Waals surface area contributed by atoms with Crippen LogP contribution in [-0.4, -0.2) is 26.1 Å². The standard InChI is InChI=1S/C25H20IN3O3/c26-20-9-3-16(4-10-20)13-23(32)29-25-24(19-7-11-21(31)12-8-19)28-22(14-27-25)18-5-1-17(15-30)2-6-18/h1-12,14,30-31H,13,15H2,(H,27,29,32). The number of halogens is 1. The third-order valence-corrected chi connectivity index (χ3v) is 5.60. The molecule has 4 aromatic rings. The minimum Gasteiger partial charge on any atom is -0.508 e. The van der Waals surface area contributed by atoms with Gasteiger partial charge in [0.1, 0.15) is 11.4 Å². The molecule has 0 aliphatic rings. The number of rotatable bonds is 6. The van der Waals surface area contributed by atoms with Crippen molar-refractivity contribution in [2.45, 2.75) is 13.0 Å². The number of anilines is 1. The Bertz CT molecular complexity index is 1230. The highest BCUT2D eigenvalue weighted by Gasteiger charge is 2.15. The van der Waals surface area contributed by atoms with Gasteiger partial charge in [-0.1, -0.05) is 36.4 Å². The van der Waals surface area contributed by atoms with E-state index in [1.165, 1.54) is 0 Å². The molecule has 6 nitrogen and oxygen atoms in total. The van der Waals surface area contributed by atoms with Gasteiger partial charge >= 0.3 is 0 Å². The average molecular weight is 537 g/mol. The van der Waals surface area contributed by atoms with Crippen molar-refractivity contribution in [1.82, 2.24) is 9.97 Å². The van der Waals surface area contributed by atoms with Gasteiger partial charge in [-0.15, -0.1) is 0 Å². The highest BCUT2D eigenvalue weighted by atomic mass is 127. The number of nitrogens with one attached hydrogen (secondary N) is 1. The molecule has 0 unspecified atom stereocenters. The van der Waals surface area contributed by atoms with Crippen molar-refractivity contribution in [3.8, 4) is 28.3 Å². The van der Waals surface area contributed by atoms with Crippen molar-refractivity contribution < 1.29 is 15.0 Å². The van der Waals surface area contributed by atoms with Gasteiger partial charge in [0.15, 0.2) is 5.82 Å². The number of aliphatic hydroxyl groups is 1. The van der Waals surface area contributed by atoms with Crippen molar-refractivity contribution in [2.24, 2.45) is 0 Å². The van der Waals surface area contributed by atoms with E-state index >= 15 is 0 Å². The lowest BCUT2D eigenvalue weighted by atomic mass is 10.1. The summed E-state index contributed by atoms with van der Waals surface area (Å²) in [7, 11) is 0. The first kappa shape index (κ1) is 21.9. The first-order valence-corrected chi connectivity index (χ1v) is 11.0. The summed E-state index contributed by atoms with van der Waals surface area (Å²) in [5.74, 6) is 0.296. The molecule has 0 bridgehead atoms. The molecule has 32 heavy (non-hydrogen) atoms. The van der Waals surface area contributed by atoms with Crippen molar-refractivity contribution in [3.63, 3.8) is 0 Å². The van der Waals surface area contributed by atoms with E-state index in [2.05, 4.69) is 32.9 Å². The molecule has 0 saturated heterocycles. The maximum Gasteiger partial charge on any atom is 0.230 e.